The van der Waals surface area contributed by atoms with Gasteiger partial charge in [-0.3, -0.25) is 0 Å². The van der Waals surface area contributed by atoms with Crippen LogP contribution in [-0.2, 0) is 11.3 Å². The van der Waals surface area contributed by atoms with Crippen LogP contribution in [0.25, 0.3) is 10.2 Å². The van der Waals surface area contributed by atoms with E-state index in [9.17, 15) is 4.39 Å². The maximum Gasteiger partial charge on any atom is 0.124 e. The van der Waals surface area contributed by atoms with Gasteiger partial charge in [-0.15, -0.1) is 11.3 Å². The summed E-state index contributed by atoms with van der Waals surface area (Å²) in [6.07, 6.45) is 0. The smallest absolute Gasteiger partial charge is 0.124 e. The van der Waals surface area contributed by atoms with Crippen LogP contribution in [0.1, 0.15) is 11.9 Å². The molecule has 1 N–H and O–H groups in total. The molecule has 0 radical (unpaired) electrons. The Kier molecular flexibility index (Phi) is 2.61. The van der Waals surface area contributed by atoms with E-state index in [-0.39, 0.29) is 11.4 Å². The highest BCUT2D eigenvalue weighted by Crippen LogP contribution is 2.25. The number of nitrogens with one attached hydrogen (secondary N) is 1. The predicted octanol–water partition coefficient (Wildman–Crippen LogP) is 2.31. The molecular formula is C12H13FN2OS. The molecule has 2 aromatic rings. The Bertz CT molecular complexity index is 550. The maximum absolute atomic E-state index is 13.0. The van der Waals surface area contributed by atoms with E-state index < -0.39 is 0 Å². The van der Waals surface area contributed by atoms with Crippen molar-refractivity contribution in [1.82, 2.24) is 10.3 Å². The Balaban J connectivity index is 1.76. The topological polar surface area (TPSA) is 34.1 Å². The first-order valence-corrected chi connectivity index (χ1v) is 6.36. The normalized spacial score (nSPS) is 18.2. The number of aromatic nitrogens is 1. The molecule has 2 heterocycles. The maximum atomic E-state index is 13.0. The lowest BCUT2D eigenvalue weighted by atomic mass is 10.0. The van der Waals surface area contributed by atoms with Gasteiger partial charge >= 0.3 is 0 Å². The molecule has 5 heteroatoms. The number of thiazole rings is 1. The summed E-state index contributed by atoms with van der Waals surface area (Å²) in [7, 11) is 0. The highest BCUT2D eigenvalue weighted by Gasteiger charge is 2.32. The first kappa shape index (κ1) is 11.1. The molecule has 0 atom stereocenters. The third-order valence-corrected chi connectivity index (χ3v) is 3.93. The van der Waals surface area contributed by atoms with Crippen molar-refractivity contribution in [1.29, 1.82) is 0 Å². The highest BCUT2D eigenvalue weighted by atomic mass is 32.1. The molecule has 1 fully saturated rings. The van der Waals surface area contributed by atoms with E-state index in [1.165, 1.54) is 23.5 Å². The van der Waals surface area contributed by atoms with E-state index in [0.29, 0.717) is 6.61 Å². The van der Waals surface area contributed by atoms with Crippen molar-refractivity contribution in [3.63, 3.8) is 0 Å². The number of benzene rings is 1. The largest absolute Gasteiger partial charge is 0.365 e. The SMILES string of the molecule is CC1(OCc2nc3ccc(F)cc3s2)CNC1. The summed E-state index contributed by atoms with van der Waals surface area (Å²) in [5.41, 5.74) is 0.773. The summed E-state index contributed by atoms with van der Waals surface area (Å²) in [5, 5.41) is 4.08. The van der Waals surface area contributed by atoms with Crippen LogP contribution in [0.4, 0.5) is 4.39 Å². The molecule has 1 aliphatic heterocycles. The molecule has 0 aliphatic carbocycles. The van der Waals surface area contributed by atoms with E-state index in [4.69, 9.17) is 4.74 Å². The summed E-state index contributed by atoms with van der Waals surface area (Å²) >= 11 is 1.49. The first-order chi connectivity index (χ1) is 8.15. The standard InChI is InChI=1S/C12H13FN2OS/c1-12(6-14-7-12)16-5-11-15-9-3-2-8(13)4-10(9)17-11/h2-4,14H,5-7H2,1H3. The molecule has 0 amide bonds. The summed E-state index contributed by atoms with van der Waals surface area (Å²) in [6, 6.07) is 4.66. The summed E-state index contributed by atoms with van der Waals surface area (Å²) in [5.74, 6) is -0.219. The predicted molar refractivity (Wildman–Crippen MR) is 65.6 cm³/mol. The monoisotopic (exact) mass is 252 g/mol. The number of nitrogens with zero attached hydrogens (tertiary/aromatic N) is 1. The van der Waals surface area contributed by atoms with Crippen LogP contribution in [0.5, 0.6) is 0 Å². The average molecular weight is 252 g/mol. The highest BCUT2D eigenvalue weighted by molar-refractivity contribution is 7.18. The molecule has 0 spiro atoms. The quantitative estimate of drug-likeness (QED) is 0.910. The van der Waals surface area contributed by atoms with Gasteiger partial charge in [0, 0.05) is 13.1 Å². The Labute approximate surface area is 103 Å². The molecule has 17 heavy (non-hydrogen) atoms. The van der Waals surface area contributed by atoms with Crippen LogP contribution in [0, 0.1) is 5.82 Å². The van der Waals surface area contributed by atoms with Gasteiger partial charge in [0.05, 0.1) is 22.4 Å². The Hall–Kier alpha value is -1.04. The van der Waals surface area contributed by atoms with Crippen LogP contribution in [0.15, 0.2) is 18.2 Å². The Morgan fingerprint density at radius 3 is 3.06 bits per heavy atom. The second kappa shape index (κ2) is 4.01. The van der Waals surface area contributed by atoms with Crippen LogP contribution in [0.3, 0.4) is 0 Å². The molecule has 1 aromatic heterocycles. The van der Waals surface area contributed by atoms with Crippen molar-refractivity contribution < 1.29 is 9.13 Å². The van der Waals surface area contributed by atoms with Crippen molar-refractivity contribution in [2.75, 3.05) is 13.1 Å². The number of hydrogen-bond acceptors (Lipinski definition) is 4. The molecule has 1 aromatic carbocycles. The number of hydrogen-bond donors (Lipinski definition) is 1. The zero-order valence-corrected chi connectivity index (χ0v) is 10.3. The van der Waals surface area contributed by atoms with Crippen molar-refractivity contribution in [3.8, 4) is 0 Å². The summed E-state index contributed by atoms with van der Waals surface area (Å²) in [6.45, 7) is 4.34. The second-order valence-corrected chi connectivity index (χ2v) is 5.68. The van der Waals surface area contributed by atoms with Crippen molar-refractivity contribution in [2.45, 2.75) is 19.1 Å². The van der Waals surface area contributed by atoms with Gasteiger partial charge < -0.3 is 10.1 Å². The number of ether oxygens (including phenoxy) is 1. The fourth-order valence-electron chi connectivity index (χ4n) is 1.82. The van der Waals surface area contributed by atoms with E-state index >= 15 is 0 Å². The molecule has 3 rings (SSSR count). The van der Waals surface area contributed by atoms with Gasteiger partial charge in [-0.05, 0) is 25.1 Å². The van der Waals surface area contributed by atoms with E-state index in [1.54, 1.807) is 6.07 Å². The van der Waals surface area contributed by atoms with Crippen molar-refractivity contribution in [2.24, 2.45) is 0 Å². The number of halogens is 1. The van der Waals surface area contributed by atoms with Crippen LogP contribution in [-0.4, -0.2) is 23.7 Å². The summed E-state index contributed by atoms with van der Waals surface area (Å²) in [4.78, 5) is 4.42. The lowest BCUT2D eigenvalue weighted by molar-refractivity contribution is -0.0767. The zero-order chi connectivity index (χ0) is 11.9. The average Bonchev–Trinajstić information content (AvgIpc) is 2.65. The van der Waals surface area contributed by atoms with E-state index in [2.05, 4.69) is 17.2 Å². The van der Waals surface area contributed by atoms with Crippen LogP contribution < -0.4 is 5.32 Å². The van der Waals surface area contributed by atoms with Gasteiger partial charge in [0.15, 0.2) is 0 Å². The molecular weight excluding hydrogens is 239 g/mol. The van der Waals surface area contributed by atoms with Gasteiger partial charge in [0.1, 0.15) is 10.8 Å². The van der Waals surface area contributed by atoms with Gasteiger partial charge in [-0.2, -0.15) is 0 Å². The molecule has 90 valence electrons. The number of rotatable bonds is 3. The fraction of sp³-hybridized carbons (Fsp3) is 0.417. The third kappa shape index (κ3) is 2.18. The second-order valence-electron chi connectivity index (χ2n) is 4.56. The van der Waals surface area contributed by atoms with Crippen LogP contribution in [0.2, 0.25) is 0 Å². The minimum absolute atomic E-state index is 0.0664. The minimum atomic E-state index is -0.219. The van der Waals surface area contributed by atoms with Crippen molar-refractivity contribution in [3.05, 3.63) is 29.0 Å². The van der Waals surface area contributed by atoms with Gasteiger partial charge in [-0.25, -0.2) is 9.37 Å². The number of fused-ring (bicyclic) bond motifs is 1. The van der Waals surface area contributed by atoms with E-state index in [0.717, 1.165) is 28.3 Å². The Morgan fingerprint density at radius 2 is 2.35 bits per heavy atom. The third-order valence-electron chi connectivity index (χ3n) is 2.94. The minimum Gasteiger partial charge on any atom is -0.365 e. The molecule has 1 saturated heterocycles. The summed E-state index contributed by atoms with van der Waals surface area (Å²) < 4.78 is 19.7. The van der Waals surface area contributed by atoms with E-state index in [1.807, 2.05) is 0 Å². The molecule has 0 unspecified atom stereocenters. The first-order valence-electron chi connectivity index (χ1n) is 5.54. The van der Waals surface area contributed by atoms with Gasteiger partial charge in [0.2, 0.25) is 0 Å². The lowest BCUT2D eigenvalue weighted by Gasteiger charge is -2.38. The zero-order valence-electron chi connectivity index (χ0n) is 9.50. The molecule has 0 saturated carbocycles. The molecule has 3 nitrogen and oxygen atoms in total. The van der Waals surface area contributed by atoms with Crippen molar-refractivity contribution >= 4 is 21.6 Å². The van der Waals surface area contributed by atoms with Gasteiger partial charge in [-0.1, -0.05) is 0 Å². The van der Waals surface area contributed by atoms with Gasteiger partial charge in [0.25, 0.3) is 0 Å². The molecule has 1 aliphatic rings. The fourth-order valence-corrected chi connectivity index (χ4v) is 2.73. The molecule has 0 bridgehead atoms. The van der Waals surface area contributed by atoms with Crippen LogP contribution >= 0.6 is 11.3 Å². The lowest BCUT2D eigenvalue weighted by Crippen LogP contribution is -2.58. The Morgan fingerprint density at radius 1 is 1.53 bits per heavy atom.